The SMILES string of the molecule is CC(=O)c1nn(CC(=O)N2C3C[C@@]4(Cc5ccc(nn5)COCc5ccc(Br)nc5NC3=O)C[C@@H]24)c2c(C)cc(-c3cnc(C)nc3)cc12. The molecule has 1 saturated heterocycles. The van der Waals surface area contributed by atoms with Crippen LogP contribution in [0, 0.1) is 19.3 Å². The van der Waals surface area contributed by atoms with Gasteiger partial charge in [0.1, 0.15) is 34.5 Å². The van der Waals surface area contributed by atoms with E-state index in [9.17, 15) is 14.4 Å². The first-order valence-electron chi connectivity index (χ1n) is 16.1. The highest BCUT2D eigenvalue weighted by molar-refractivity contribution is 9.10. The zero-order valence-electron chi connectivity index (χ0n) is 27.1. The quantitative estimate of drug-likeness (QED) is 0.207. The van der Waals surface area contributed by atoms with Gasteiger partial charge in [-0.05, 0) is 90.5 Å². The van der Waals surface area contributed by atoms with Crippen molar-refractivity contribution >= 4 is 50.2 Å². The molecule has 9 rings (SSSR count). The maximum absolute atomic E-state index is 14.4. The van der Waals surface area contributed by atoms with Crippen LogP contribution in [-0.2, 0) is 40.5 Å². The van der Waals surface area contributed by atoms with Gasteiger partial charge in [-0.1, -0.05) is 6.07 Å². The number of carbonyl (C=O) groups is 3. The first-order valence-corrected chi connectivity index (χ1v) is 16.9. The molecular weight excluding hydrogens is 690 g/mol. The minimum atomic E-state index is -0.749. The monoisotopic (exact) mass is 721 g/mol. The van der Waals surface area contributed by atoms with Gasteiger partial charge in [0.05, 0.1) is 30.1 Å². The number of aromatic nitrogens is 7. The van der Waals surface area contributed by atoms with Crippen molar-refractivity contribution in [3.8, 4) is 11.1 Å². The van der Waals surface area contributed by atoms with Crippen molar-refractivity contribution in [2.24, 2.45) is 5.41 Å². The molecule has 1 aliphatic carbocycles. The summed E-state index contributed by atoms with van der Waals surface area (Å²) in [7, 11) is 0. The maximum atomic E-state index is 14.4. The van der Waals surface area contributed by atoms with Gasteiger partial charge in [-0.15, -0.1) is 0 Å². The molecule has 1 aromatic carbocycles. The number of ketones is 1. The number of hydrogen-bond donors (Lipinski definition) is 1. The third-order valence-electron chi connectivity index (χ3n) is 9.78. The molecular formula is C35H32BrN9O4. The number of pyridine rings is 1. The first kappa shape index (κ1) is 31.3. The van der Waals surface area contributed by atoms with Crippen LogP contribution in [0.15, 0.2) is 53.4 Å². The molecule has 1 saturated carbocycles. The summed E-state index contributed by atoms with van der Waals surface area (Å²) in [6.07, 6.45) is 5.30. The number of nitrogens with one attached hydrogen (secondary N) is 1. The number of fused-ring (bicyclic) bond motifs is 6. The van der Waals surface area contributed by atoms with E-state index in [1.165, 1.54) is 6.92 Å². The van der Waals surface area contributed by atoms with Crippen molar-refractivity contribution in [2.75, 3.05) is 5.32 Å². The molecule has 3 aliphatic heterocycles. The Morgan fingerprint density at radius 2 is 1.80 bits per heavy atom. The maximum Gasteiger partial charge on any atom is 0.248 e. The number of aryl methyl sites for hydroxylation is 2. The molecule has 2 fully saturated rings. The van der Waals surface area contributed by atoms with Crippen LogP contribution in [0.3, 0.4) is 0 Å². The second kappa shape index (κ2) is 11.9. The van der Waals surface area contributed by atoms with Crippen LogP contribution in [0.4, 0.5) is 5.82 Å². The van der Waals surface area contributed by atoms with Crippen molar-refractivity contribution < 1.29 is 19.1 Å². The molecule has 14 heteroatoms. The molecule has 4 aliphatic rings. The Kier molecular flexibility index (Phi) is 7.59. The third kappa shape index (κ3) is 5.68. The number of Topliss-reactive ketones (excluding diaryl/α,β-unsaturated/α-hetero) is 1. The molecule has 1 unspecified atom stereocenters. The summed E-state index contributed by atoms with van der Waals surface area (Å²) in [6.45, 7) is 5.54. The van der Waals surface area contributed by atoms with E-state index in [2.05, 4.69) is 51.5 Å². The number of amides is 2. The number of ether oxygens (including phenoxy) is 1. The van der Waals surface area contributed by atoms with Gasteiger partial charge in [0.25, 0.3) is 0 Å². The highest BCUT2D eigenvalue weighted by Crippen LogP contribution is 2.61. The van der Waals surface area contributed by atoms with Gasteiger partial charge in [0.15, 0.2) is 5.78 Å². The summed E-state index contributed by atoms with van der Waals surface area (Å²) in [5.74, 6) is 0.236. The molecule has 1 spiro atoms. The summed E-state index contributed by atoms with van der Waals surface area (Å²) < 4.78 is 8.05. The van der Waals surface area contributed by atoms with Crippen LogP contribution in [-0.4, -0.2) is 69.5 Å². The summed E-state index contributed by atoms with van der Waals surface area (Å²) in [4.78, 5) is 56.2. The average Bonchev–Trinajstić information content (AvgIpc) is 3.46. The van der Waals surface area contributed by atoms with Crippen molar-refractivity contribution in [1.29, 1.82) is 0 Å². The first-order chi connectivity index (χ1) is 23.6. The molecule has 248 valence electrons. The van der Waals surface area contributed by atoms with E-state index >= 15 is 0 Å². The third-order valence-corrected chi connectivity index (χ3v) is 10.2. The van der Waals surface area contributed by atoms with Crippen molar-refractivity contribution in [2.45, 2.75) is 71.9 Å². The lowest BCUT2D eigenvalue weighted by Gasteiger charge is -2.27. The molecule has 0 radical (unpaired) electrons. The van der Waals surface area contributed by atoms with Crippen molar-refractivity contribution in [3.05, 3.63) is 87.4 Å². The second-order valence-electron chi connectivity index (χ2n) is 13.2. The number of rotatable bonds is 4. The Morgan fingerprint density at radius 3 is 2.55 bits per heavy atom. The van der Waals surface area contributed by atoms with Gasteiger partial charge in [-0.3, -0.25) is 19.1 Å². The van der Waals surface area contributed by atoms with Gasteiger partial charge < -0.3 is 15.0 Å². The van der Waals surface area contributed by atoms with Gasteiger partial charge in [0, 0.05) is 47.3 Å². The summed E-state index contributed by atoms with van der Waals surface area (Å²) in [6, 6.07) is 10.4. The van der Waals surface area contributed by atoms with E-state index in [-0.39, 0.29) is 54.5 Å². The Morgan fingerprint density at radius 1 is 1.02 bits per heavy atom. The molecule has 5 aromatic rings. The standard InChI is InChI=1S/C35H32BrN9O4/c1-18-8-22(23-13-37-20(3)38-14-23)9-26-31(19(2)46)43-44(32(18)26)15-30(47)45-27-11-35(12-28(35)45)10-24-5-6-25(42-41-24)17-49-16-21-4-7-29(36)39-33(21)40-34(27)48/h4-9,13-14,27-28H,10-12,15-17H2,1-3H3,(H,39,40,48)/t27?,28-,35+/m1/s1. The number of anilines is 1. The number of piperidine rings is 1. The number of likely N-dealkylation sites (tertiary alicyclic amines) is 1. The van der Waals surface area contributed by atoms with Gasteiger partial charge in [-0.25, -0.2) is 15.0 Å². The zero-order chi connectivity index (χ0) is 34.0. The number of carbonyl (C=O) groups excluding carboxylic acids is 3. The Balaban J connectivity index is 1.15. The molecule has 7 heterocycles. The Hall–Kier alpha value is -4.95. The van der Waals surface area contributed by atoms with E-state index in [4.69, 9.17) is 4.74 Å². The van der Waals surface area contributed by atoms with E-state index < -0.39 is 6.04 Å². The zero-order valence-corrected chi connectivity index (χ0v) is 28.7. The molecule has 4 bridgehead atoms. The summed E-state index contributed by atoms with van der Waals surface area (Å²) in [5, 5.41) is 17.1. The lowest BCUT2D eigenvalue weighted by Crippen LogP contribution is -2.47. The van der Waals surface area contributed by atoms with E-state index in [1.54, 1.807) is 28.0 Å². The average molecular weight is 723 g/mol. The minimum Gasteiger partial charge on any atom is -0.370 e. The van der Waals surface area contributed by atoms with E-state index in [0.717, 1.165) is 28.8 Å². The number of nitrogens with zero attached hydrogens (tertiary/aromatic N) is 8. The normalized spacial score (nSPS) is 21.5. The van der Waals surface area contributed by atoms with Gasteiger partial charge in [-0.2, -0.15) is 15.3 Å². The summed E-state index contributed by atoms with van der Waals surface area (Å²) in [5.41, 5.74) is 5.35. The fourth-order valence-corrected chi connectivity index (χ4v) is 7.67. The molecule has 13 nitrogen and oxygen atoms in total. The Labute approximate surface area is 289 Å². The van der Waals surface area contributed by atoms with Crippen molar-refractivity contribution in [3.63, 3.8) is 0 Å². The minimum absolute atomic E-state index is 0.142. The molecule has 3 atom stereocenters. The molecule has 1 N–H and O–H groups in total. The smallest absolute Gasteiger partial charge is 0.248 e. The van der Waals surface area contributed by atoms with Gasteiger partial charge >= 0.3 is 0 Å². The van der Waals surface area contributed by atoms with Gasteiger partial charge in [0.2, 0.25) is 11.8 Å². The lowest BCUT2D eigenvalue weighted by molar-refractivity contribution is -0.138. The van der Waals surface area contributed by atoms with Crippen LogP contribution in [0.25, 0.3) is 22.0 Å². The largest absolute Gasteiger partial charge is 0.370 e. The second-order valence-corrected chi connectivity index (χ2v) is 14.0. The van der Waals surface area contributed by atoms with Crippen LogP contribution < -0.4 is 5.32 Å². The summed E-state index contributed by atoms with van der Waals surface area (Å²) >= 11 is 3.41. The molecule has 49 heavy (non-hydrogen) atoms. The highest BCUT2D eigenvalue weighted by Gasteiger charge is 2.67. The molecule has 2 amide bonds. The van der Waals surface area contributed by atoms with Crippen LogP contribution in [0.1, 0.15) is 58.6 Å². The fourth-order valence-electron chi connectivity index (χ4n) is 7.36. The topological polar surface area (TPSA) is 158 Å². The molecule has 4 aromatic heterocycles. The van der Waals surface area contributed by atoms with E-state index in [1.807, 2.05) is 44.2 Å². The number of hydrogen-bond acceptors (Lipinski definition) is 10. The van der Waals surface area contributed by atoms with Crippen LogP contribution in [0.2, 0.25) is 0 Å². The van der Waals surface area contributed by atoms with Crippen LogP contribution in [0.5, 0.6) is 0 Å². The number of halogens is 1. The number of benzene rings is 1. The highest BCUT2D eigenvalue weighted by atomic mass is 79.9. The van der Waals surface area contributed by atoms with E-state index in [0.29, 0.717) is 51.2 Å². The fraction of sp³-hybridized carbons (Fsp3) is 0.343. The predicted octanol–water partition coefficient (Wildman–Crippen LogP) is 4.53. The lowest BCUT2D eigenvalue weighted by atomic mass is 9.93. The predicted molar refractivity (Wildman–Crippen MR) is 181 cm³/mol. The van der Waals surface area contributed by atoms with Crippen molar-refractivity contribution in [1.82, 2.24) is 39.8 Å². The van der Waals surface area contributed by atoms with Crippen LogP contribution >= 0.6 is 15.9 Å². The Bertz CT molecular complexity index is 2170.